The van der Waals surface area contributed by atoms with Crippen LogP contribution >= 0.6 is 11.6 Å². The lowest BCUT2D eigenvalue weighted by Crippen LogP contribution is -2.22. The highest BCUT2D eigenvalue weighted by Gasteiger charge is 2.09. The van der Waals surface area contributed by atoms with Gasteiger partial charge >= 0.3 is 0 Å². The quantitative estimate of drug-likeness (QED) is 0.595. The summed E-state index contributed by atoms with van der Waals surface area (Å²) in [6.07, 6.45) is 1.97. The van der Waals surface area contributed by atoms with Gasteiger partial charge in [-0.2, -0.15) is 5.10 Å². The number of nitrogens with one attached hydrogen (secondary N) is 1. The summed E-state index contributed by atoms with van der Waals surface area (Å²) in [5.41, 5.74) is 5.56. The molecule has 0 aliphatic carbocycles. The summed E-state index contributed by atoms with van der Waals surface area (Å²) >= 11 is 6.20. The first-order valence-electron chi connectivity index (χ1n) is 9.67. The van der Waals surface area contributed by atoms with Gasteiger partial charge in [-0.15, -0.1) is 0 Å². The minimum Gasteiger partial charge on any atom is -0.489 e. The summed E-state index contributed by atoms with van der Waals surface area (Å²) in [4.78, 5) is 12.4. The monoisotopic (exact) mass is 411 g/mol. The number of nitrogens with zero attached hydrogens (tertiary/aromatic N) is 2. The van der Waals surface area contributed by atoms with Gasteiger partial charge in [-0.1, -0.05) is 23.7 Å². The Morgan fingerprint density at radius 1 is 1.14 bits per heavy atom. The molecule has 0 saturated heterocycles. The zero-order valence-electron chi connectivity index (χ0n) is 17.3. The molecule has 0 radical (unpaired) electrons. The molecule has 6 heteroatoms. The van der Waals surface area contributed by atoms with Crippen molar-refractivity contribution in [3.8, 4) is 5.75 Å². The van der Waals surface area contributed by atoms with E-state index in [1.807, 2.05) is 75.0 Å². The Balaban J connectivity index is 1.56. The van der Waals surface area contributed by atoms with Gasteiger partial charge in [-0.05, 0) is 68.7 Å². The summed E-state index contributed by atoms with van der Waals surface area (Å²) in [6.45, 7) is 9.62. The van der Waals surface area contributed by atoms with Crippen molar-refractivity contribution in [1.29, 1.82) is 0 Å². The highest BCUT2D eigenvalue weighted by Crippen LogP contribution is 2.26. The maximum atomic E-state index is 12.4. The van der Waals surface area contributed by atoms with Crippen molar-refractivity contribution in [2.45, 2.75) is 47.4 Å². The Bertz CT molecular complexity index is 986. The molecule has 5 nitrogen and oxygen atoms in total. The normalized spacial score (nSPS) is 10.8. The average Bonchev–Trinajstić information content (AvgIpc) is 3.08. The number of hydrogen-bond donors (Lipinski definition) is 1. The smallest absolute Gasteiger partial charge is 0.251 e. The molecule has 1 aromatic heterocycles. The van der Waals surface area contributed by atoms with Gasteiger partial charge in [0.1, 0.15) is 12.4 Å². The molecule has 0 bridgehead atoms. The molecule has 0 aliphatic rings. The number of rotatable bonds is 7. The summed E-state index contributed by atoms with van der Waals surface area (Å²) in [7, 11) is 0. The Morgan fingerprint density at radius 3 is 2.38 bits per heavy atom. The maximum absolute atomic E-state index is 12.4. The van der Waals surface area contributed by atoms with Crippen molar-refractivity contribution in [1.82, 2.24) is 15.1 Å². The van der Waals surface area contributed by atoms with Gasteiger partial charge in [0.25, 0.3) is 5.91 Å². The molecule has 3 aromatic rings. The molecule has 0 unspecified atom stereocenters. The number of hydrogen-bond acceptors (Lipinski definition) is 3. The second kappa shape index (κ2) is 9.14. The molecule has 0 saturated carbocycles. The second-order valence-corrected chi connectivity index (χ2v) is 7.51. The van der Waals surface area contributed by atoms with Crippen LogP contribution in [0.25, 0.3) is 0 Å². The van der Waals surface area contributed by atoms with E-state index in [1.54, 1.807) is 0 Å². The zero-order valence-corrected chi connectivity index (χ0v) is 18.0. The van der Waals surface area contributed by atoms with E-state index in [4.69, 9.17) is 16.3 Å². The molecule has 0 spiro atoms. The van der Waals surface area contributed by atoms with Crippen LogP contribution in [0, 0.1) is 20.8 Å². The van der Waals surface area contributed by atoms with Gasteiger partial charge in [0, 0.05) is 35.4 Å². The van der Waals surface area contributed by atoms with Gasteiger partial charge in [-0.3, -0.25) is 9.48 Å². The fraction of sp³-hybridized carbons (Fsp3) is 0.304. The zero-order chi connectivity index (χ0) is 21.0. The van der Waals surface area contributed by atoms with Crippen LogP contribution < -0.4 is 10.1 Å². The summed E-state index contributed by atoms with van der Waals surface area (Å²) in [6, 6.07) is 11.3. The van der Waals surface area contributed by atoms with E-state index in [0.717, 1.165) is 45.3 Å². The first kappa shape index (κ1) is 20.9. The lowest BCUT2D eigenvalue weighted by atomic mass is 10.1. The van der Waals surface area contributed by atoms with Crippen molar-refractivity contribution < 1.29 is 9.53 Å². The van der Waals surface area contributed by atoms with Crippen LogP contribution in [0.5, 0.6) is 5.75 Å². The first-order chi connectivity index (χ1) is 13.9. The van der Waals surface area contributed by atoms with E-state index in [2.05, 4.69) is 10.4 Å². The summed E-state index contributed by atoms with van der Waals surface area (Å²) in [5, 5.41) is 8.12. The van der Waals surface area contributed by atoms with E-state index in [1.165, 1.54) is 0 Å². The van der Waals surface area contributed by atoms with Crippen LogP contribution in [-0.2, 0) is 19.7 Å². The van der Waals surface area contributed by atoms with Crippen molar-refractivity contribution in [2.75, 3.05) is 0 Å². The van der Waals surface area contributed by atoms with Crippen LogP contribution in [0.3, 0.4) is 0 Å². The molecule has 3 rings (SSSR count). The average molecular weight is 412 g/mol. The number of aryl methyl sites for hydroxylation is 4. The van der Waals surface area contributed by atoms with Crippen LogP contribution in [0.15, 0.2) is 42.6 Å². The third-order valence-corrected chi connectivity index (χ3v) is 5.44. The van der Waals surface area contributed by atoms with E-state index >= 15 is 0 Å². The van der Waals surface area contributed by atoms with E-state index in [0.29, 0.717) is 18.7 Å². The fourth-order valence-corrected chi connectivity index (χ4v) is 3.19. The van der Waals surface area contributed by atoms with Gasteiger partial charge in [0.05, 0.1) is 5.69 Å². The van der Waals surface area contributed by atoms with Gasteiger partial charge in [0.2, 0.25) is 0 Å². The summed E-state index contributed by atoms with van der Waals surface area (Å²) in [5.74, 6) is 0.680. The van der Waals surface area contributed by atoms with Crippen LogP contribution in [0.2, 0.25) is 5.02 Å². The van der Waals surface area contributed by atoms with Crippen LogP contribution in [0.1, 0.15) is 45.2 Å². The Morgan fingerprint density at radius 2 is 1.79 bits per heavy atom. The number of carbonyl (C=O) groups is 1. The van der Waals surface area contributed by atoms with Crippen molar-refractivity contribution in [3.05, 3.63) is 81.1 Å². The van der Waals surface area contributed by atoms with Crippen molar-refractivity contribution in [2.24, 2.45) is 0 Å². The second-order valence-electron chi connectivity index (χ2n) is 7.13. The Hall–Kier alpha value is -2.79. The minimum absolute atomic E-state index is 0.106. The largest absolute Gasteiger partial charge is 0.489 e. The maximum Gasteiger partial charge on any atom is 0.251 e. The molecular formula is C23H26ClN3O2. The number of amides is 1. The topological polar surface area (TPSA) is 56.2 Å². The number of aromatic nitrogens is 2. The highest BCUT2D eigenvalue weighted by molar-refractivity contribution is 6.32. The van der Waals surface area contributed by atoms with Crippen LogP contribution in [0.4, 0.5) is 0 Å². The molecule has 1 N–H and O–H groups in total. The van der Waals surface area contributed by atoms with E-state index < -0.39 is 0 Å². The van der Waals surface area contributed by atoms with Crippen LogP contribution in [-0.4, -0.2) is 15.7 Å². The number of benzene rings is 2. The molecular weight excluding hydrogens is 386 g/mol. The standard InChI is InChI=1S/C23H26ClN3O2/c1-5-27-13-20(17(4)26-27)12-25-23(28)19-8-6-18(7-9-19)14-29-21-10-15(2)22(24)16(3)11-21/h6-11,13H,5,12,14H2,1-4H3,(H,25,28). The van der Waals surface area contributed by atoms with Crippen molar-refractivity contribution >= 4 is 17.5 Å². The Labute approximate surface area is 176 Å². The summed E-state index contributed by atoms with van der Waals surface area (Å²) < 4.78 is 7.74. The lowest BCUT2D eigenvalue weighted by Gasteiger charge is -2.10. The number of carbonyl (C=O) groups excluding carboxylic acids is 1. The molecule has 0 fully saturated rings. The molecule has 0 aliphatic heterocycles. The predicted molar refractivity (Wildman–Crippen MR) is 116 cm³/mol. The lowest BCUT2D eigenvalue weighted by molar-refractivity contribution is 0.0951. The van der Waals surface area contributed by atoms with Gasteiger partial charge in [-0.25, -0.2) is 0 Å². The Kier molecular flexibility index (Phi) is 6.60. The van der Waals surface area contributed by atoms with Gasteiger partial charge in [0.15, 0.2) is 0 Å². The number of halogens is 1. The van der Waals surface area contributed by atoms with E-state index in [9.17, 15) is 4.79 Å². The van der Waals surface area contributed by atoms with E-state index in [-0.39, 0.29) is 5.91 Å². The SMILES string of the molecule is CCn1cc(CNC(=O)c2ccc(COc3cc(C)c(Cl)c(C)c3)cc2)c(C)n1. The first-order valence-corrected chi connectivity index (χ1v) is 10.0. The molecule has 2 aromatic carbocycles. The van der Waals surface area contributed by atoms with Gasteiger partial charge < -0.3 is 10.1 Å². The van der Waals surface area contributed by atoms with Crippen molar-refractivity contribution in [3.63, 3.8) is 0 Å². The predicted octanol–water partition coefficient (Wildman–Crippen LogP) is 4.99. The third-order valence-electron chi connectivity index (χ3n) is 4.84. The minimum atomic E-state index is -0.106. The molecule has 1 amide bonds. The number of ether oxygens (including phenoxy) is 1. The molecule has 0 atom stereocenters. The molecule has 152 valence electrons. The third kappa shape index (κ3) is 5.18. The molecule has 1 heterocycles. The molecule has 29 heavy (non-hydrogen) atoms. The highest BCUT2D eigenvalue weighted by atomic mass is 35.5. The fourth-order valence-electron chi connectivity index (χ4n) is 3.08.